The summed E-state index contributed by atoms with van der Waals surface area (Å²) in [4.78, 5) is 2.52. The fourth-order valence-electron chi connectivity index (χ4n) is 14.4. The zero-order valence-electron chi connectivity index (χ0n) is 41.9. The number of nitrogens with zero attached hydrogens (tertiary/aromatic N) is 1. The second-order valence-electron chi connectivity index (χ2n) is 21.2. The van der Waals surface area contributed by atoms with Gasteiger partial charge in [-0.3, -0.25) is 0 Å². The molecule has 2 heteroatoms. The molecule has 0 fully saturated rings. The van der Waals surface area contributed by atoms with Crippen LogP contribution in [0.25, 0.3) is 45.4 Å². The molecular formula is C71H57NO. The van der Waals surface area contributed by atoms with Gasteiger partial charge in [0.15, 0.2) is 0 Å². The van der Waals surface area contributed by atoms with E-state index in [0.29, 0.717) is 0 Å². The predicted octanol–water partition coefficient (Wildman–Crippen LogP) is 18.6. The minimum Gasteiger partial charge on any atom is -0.455 e. The number of hydrogen-bond donors (Lipinski definition) is 0. The third-order valence-corrected chi connectivity index (χ3v) is 17.4. The summed E-state index contributed by atoms with van der Waals surface area (Å²) in [5.74, 6) is 0.831. The predicted molar refractivity (Wildman–Crippen MR) is 306 cm³/mol. The van der Waals surface area contributed by atoms with Crippen molar-refractivity contribution in [2.45, 2.75) is 69.1 Å². The van der Waals surface area contributed by atoms with Crippen LogP contribution >= 0.6 is 0 Å². The van der Waals surface area contributed by atoms with E-state index in [9.17, 15) is 0 Å². The smallest absolute Gasteiger partial charge is 0.143 e. The molecule has 0 bridgehead atoms. The molecule has 1 heterocycles. The Morgan fingerprint density at radius 1 is 0.548 bits per heavy atom. The van der Waals surface area contributed by atoms with Gasteiger partial charge in [0.2, 0.25) is 0 Å². The topological polar surface area (TPSA) is 16.4 Å². The van der Waals surface area contributed by atoms with Gasteiger partial charge in [-0.1, -0.05) is 196 Å². The number of allylic oxidation sites excluding steroid dienone is 13. The van der Waals surface area contributed by atoms with Crippen LogP contribution in [0.4, 0.5) is 17.1 Å². The molecule has 0 N–H and O–H groups in total. The van der Waals surface area contributed by atoms with Crippen LogP contribution in [0, 0.1) is 0 Å². The molecule has 73 heavy (non-hydrogen) atoms. The Bertz CT molecular complexity index is 3820. The van der Waals surface area contributed by atoms with Gasteiger partial charge in [-0.05, 0) is 165 Å². The molecule has 8 aromatic rings. The number of anilines is 3. The molecule has 1 atom stereocenters. The third kappa shape index (κ3) is 5.98. The van der Waals surface area contributed by atoms with Crippen LogP contribution in [0.3, 0.4) is 0 Å². The monoisotopic (exact) mass is 939 g/mol. The maximum atomic E-state index is 6.60. The van der Waals surface area contributed by atoms with Crippen LogP contribution in [0.15, 0.2) is 240 Å². The Balaban J connectivity index is 1.00. The van der Waals surface area contributed by atoms with Crippen molar-refractivity contribution < 1.29 is 4.42 Å². The summed E-state index contributed by atoms with van der Waals surface area (Å²) in [5, 5.41) is 1.07. The van der Waals surface area contributed by atoms with Gasteiger partial charge in [0.25, 0.3) is 0 Å². The van der Waals surface area contributed by atoms with Crippen molar-refractivity contribution in [2.75, 3.05) is 4.90 Å². The minimum atomic E-state index is -0.486. The van der Waals surface area contributed by atoms with Gasteiger partial charge in [-0.15, -0.1) is 0 Å². The third-order valence-electron chi connectivity index (χ3n) is 17.4. The number of para-hydroxylation sites is 1. The SMILES string of the molecule is C=Cc1c(/C=C\C)oc2c(-c3ccc(N(c4ccc5c(c4)C(C)(C)C4=C5CCC=C4)c4ccc5c(c4)C4(C6=C(CC=C6)C(c6ccccc6)(c6ccccc6)c6ccccc64)C4=C5C=CCC4)cc3)cccc12. The van der Waals surface area contributed by atoms with Crippen molar-refractivity contribution in [3.63, 3.8) is 0 Å². The first-order valence-corrected chi connectivity index (χ1v) is 26.3. The highest BCUT2D eigenvalue weighted by Gasteiger charge is 2.58. The molecule has 0 amide bonds. The lowest BCUT2D eigenvalue weighted by atomic mass is 9.51. The standard InChI is InChI=1S/C71H57NO/c1-5-21-67-52(6-2)58-29-19-28-53(68(58)73-67)46-36-38-49(39-37-46)72(50-40-42-56-54-26-13-15-30-59(54)69(3,4)65(56)44-50)51-41-43-57-55-27-14-16-31-60(55)71(66(57)45-51)63-33-18-17-32-61(63)70(47-22-9-7-10-23-47,48-24-11-8-12-25-48)62-34-20-35-64(62)71/h5-12,14-15,17-25,27-30,32-33,35-45H,2,13,16,26,31,34H2,1,3-4H3/b21-5-. The molecule has 14 rings (SSSR count). The second-order valence-corrected chi connectivity index (χ2v) is 21.2. The zero-order valence-corrected chi connectivity index (χ0v) is 41.9. The van der Waals surface area contributed by atoms with Gasteiger partial charge in [-0.25, -0.2) is 0 Å². The van der Waals surface area contributed by atoms with Gasteiger partial charge < -0.3 is 9.32 Å². The maximum Gasteiger partial charge on any atom is 0.143 e. The first kappa shape index (κ1) is 43.6. The van der Waals surface area contributed by atoms with Gasteiger partial charge in [0.1, 0.15) is 11.3 Å². The van der Waals surface area contributed by atoms with Crippen molar-refractivity contribution in [2.24, 2.45) is 0 Å². The lowest BCUT2D eigenvalue weighted by molar-refractivity contribution is 0.590. The zero-order chi connectivity index (χ0) is 49.1. The van der Waals surface area contributed by atoms with Crippen molar-refractivity contribution in [1.82, 2.24) is 0 Å². The molecule has 1 aromatic heterocycles. The van der Waals surface area contributed by atoms with Crippen molar-refractivity contribution >= 4 is 51.3 Å². The molecular weight excluding hydrogens is 883 g/mol. The Morgan fingerprint density at radius 2 is 1.19 bits per heavy atom. The number of furan rings is 1. The second kappa shape index (κ2) is 16.4. The van der Waals surface area contributed by atoms with E-state index < -0.39 is 10.8 Å². The molecule has 1 unspecified atom stereocenters. The molecule has 2 nitrogen and oxygen atoms in total. The van der Waals surface area contributed by atoms with Crippen molar-refractivity contribution in [3.05, 3.63) is 291 Å². The largest absolute Gasteiger partial charge is 0.455 e. The van der Waals surface area contributed by atoms with Gasteiger partial charge in [0.05, 0.1) is 10.8 Å². The maximum absolute atomic E-state index is 6.60. The molecule has 0 saturated heterocycles. The Hall–Kier alpha value is -8.20. The molecule has 0 radical (unpaired) electrons. The first-order chi connectivity index (χ1) is 35.9. The molecule has 6 aliphatic carbocycles. The highest BCUT2D eigenvalue weighted by molar-refractivity contribution is 6.00. The summed E-state index contributed by atoms with van der Waals surface area (Å²) >= 11 is 0. The quantitative estimate of drug-likeness (QED) is 0.151. The number of benzene rings is 7. The van der Waals surface area contributed by atoms with Gasteiger partial charge >= 0.3 is 0 Å². The van der Waals surface area contributed by atoms with Crippen molar-refractivity contribution in [1.29, 1.82) is 0 Å². The highest BCUT2D eigenvalue weighted by Crippen LogP contribution is 2.67. The Kier molecular flexibility index (Phi) is 9.80. The summed E-state index contributed by atoms with van der Waals surface area (Å²) in [6, 6.07) is 62.4. The number of hydrogen-bond acceptors (Lipinski definition) is 2. The summed E-state index contributed by atoms with van der Waals surface area (Å²) in [5.41, 5.74) is 26.1. The molecule has 0 aliphatic heterocycles. The fourth-order valence-corrected chi connectivity index (χ4v) is 14.4. The van der Waals surface area contributed by atoms with Gasteiger partial charge in [0, 0.05) is 39.0 Å². The number of fused-ring (bicyclic) bond motifs is 10. The van der Waals surface area contributed by atoms with Crippen LogP contribution in [-0.2, 0) is 16.2 Å². The summed E-state index contributed by atoms with van der Waals surface area (Å²) in [6.07, 6.45) is 25.6. The Morgan fingerprint density at radius 3 is 1.92 bits per heavy atom. The normalized spacial score (nSPS) is 19.4. The van der Waals surface area contributed by atoms with Crippen LogP contribution in [0.2, 0.25) is 0 Å². The lowest BCUT2D eigenvalue weighted by Gasteiger charge is -2.50. The lowest BCUT2D eigenvalue weighted by Crippen LogP contribution is -2.44. The number of rotatable bonds is 8. The first-order valence-electron chi connectivity index (χ1n) is 26.3. The molecule has 1 spiro atoms. The average Bonchev–Trinajstić information content (AvgIpc) is 4.26. The van der Waals surface area contributed by atoms with Crippen LogP contribution in [0.1, 0.15) is 109 Å². The van der Waals surface area contributed by atoms with E-state index in [-0.39, 0.29) is 5.41 Å². The van der Waals surface area contributed by atoms with E-state index in [2.05, 4.69) is 226 Å². The van der Waals surface area contributed by atoms with Crippen LogP contribution in [-0.4, -0.2) is 0 Å². The van der Waals surface area contributed by atoms with E-state index in [1.807, 2.05) is 25.2 Å². The summed E-state index contributed by atoms with van der Waals surface area (Å²) in [6.45, 7) is 11.0. The highest BCUT2D eigenvalue weighted by atomic mass is 16.3. The molecule has 6 aliphatic rings. The fraction of sp³-hybridized carbons (Fsp3) is 0.155. The molecule has 0 saturated carbocycles. The van der Waals surface area contributed by atoms with E-state index in [1.54, 1.807) is 0 Å². The Labute approximate surface area is 429 Å². The van der Waals surface area contributed by atoms with E-state index >= 15 is 0 Å². The van der Waals surface area contributed by atoms with Crippen LogP contribution in [0.5, 0.6) is 0 Å². The molecule has 352 valence electrons. The average molecular weight is 940 g/mol. The van der Waals surface area contributed by atoms with E-state index in [0.717, 1.165) is 82.6 Å². The summed E-state index contributed by atoms with van der Waals surface area (Å²) in [7, 11) is 0. The van der Waals surface area contributed by atoms with Crippen molar-refractivity contribution in [3.8, 4) is 11.1 Å². The van der Waals surface area contributed by atoms with E-state index in [4.69, 9.17) is 4.42 Å². The minimum absolute atomic E-state index is 0.115. The van der Waals surface area contributed by atoms with Crippen LogP contribution < -0.4 is 4.90 Å². The molecule has 7 aromatic carbocycles. The summed E-state index contributed by atoms with van der Waals surface area (Å²) < 4.78 is 6.60. The van der Waals surface area contributed by atoms with E-state index in [1.165, 1.54) is 77.9 Å². The van der Waals surface area contributed by atoms with Gasteiger partial charge in [-0.2, -0.15) is 0 Å².